The van der Waals surface area contributed by atoms with E-state index in [0.29, 0.717) is 23.8 Å². The second-order valence-electron chi connectivity index (χ2n) is 6.23. The molecular formula is C18H18ClFN2O2S2. The first-order valence-corrected chi connectivity index (χ1v) is 10.7. The molecule has 1 saturated heterocycles. The van der Waals surface area contributed by atoms with E-state index in [0.717, 1.165) is 5.56 Å². The number of sulfone groups is 1. The molecule has 4 nitrogen and oxygen atoms in total. The van der Waals surface area contributed by atoms with Crippen LogP contribution in [-0.4, -0.2) is 36.0 Å². The molecule has 1 fully saturated rings. The van der Waals surface area contributed by atoms with Crippen molar-refractivity contribution in [3.05, 3.63) is 64.9 Å². The predicted octanol–water partition coefficient (Wildman–Crippen LogP) is 3.87. The van der Waals surface area contributed by atoms with E-state index in [2.05, 4.69) is 5.32 Å². The zero-order chi connectivity index (χ0) is 18.7. The summed E-state index contributed by atoms with van der Waals surface area (Å²) in [5.41, 5.74) is 1.58. The summed E-state index contributed by atoms with van der Waals surface area (Å²) in [7, 11) is -3.05. The standard InChI is InChI=1S/C18H18ClFN2O2S2/c19-16-10-14(6-7-17(16)20)21-18(25)22(11-13-4-2-1-3-5-13)15-8-9-26(23,24)12-15/h1-7,10,15H,8-9,11-12H2,(H,21,25)/t15-/m1/s1. The molecule has 1 N–H and O–H groups in total. The molecule has 0 bridgehead atoms. The van der Waals surface area contributed by atoms with E-state index in [1.54, 1.807) is 6.07 Å². The molecule has 0 spiro atoms. The fourth-order valence-electron chi connectivity index (χ4n) is 2.94. The minimum atomic E-state index is -3.05. The molecule has 1 atom stereocenters. The van der Waals surface area contributed by atoms with Crippen molar-refractivity contribution in [1.82, 2.24) is 4.90 Å². The maximum absolute atomic E-state index is 13.3. The molecule has 0 saturated carbocycles. The summed E-state index contributed by atoms with van der Waals surface area (Å²) in [5, 5.41) is 3.43. The molecule has 3 rings (SSSR count). The highest BCUT2D eigenvalue weighted by Crippen LogP contribution is 2.23. The quantitative estimate of drug-likeness (QED) is 0.772. The Morgan fingerprint density at radius 1 is 1.27 bits per heavy atom. The molecule has 138 valence electrons. The molecule has 26 heavy (non-hydrogen) atoms. The average Bonchev–Trinajstić information content (AvgIpc) is 2.96. The Morgan fingerprint density at radius 2 is 2.00 bits per heavy atom. The van der Waals surface area contributed by atoms with E-state index in [1.165, 1.54) is 12.1 Å². The first kappa shape index (κ1) is 19.1. The summed E-state index contributed by atoms with van der Waals surface area (Å²) in [4.78, 5) is 1.88. The number of benzene rings is 2. The maximum atomic E-state index is 13.3. The van der Waals surface area contributed by atoms with Gasteiger partial charge in [-0.2, -0.15) is 0 Å². The smallest absolute Gasteiger partial charge is 0.174 e. The van der Waals surface area contributed by atoms with Gasteiger partial charge < -0.3 is 10.2 Å². The lowest BCUT2D eigenvalue weighted by Crippen LogP contribution is -2.43. The van der Waals surface area contributed by atoms with Gasteiger partial charge in [0, 0.05) is 18.3 Å². The molecule has 1 aliphatic heterocycles. The van der Waals surface area contributed by atoms with E-state index in [-0.39, 0.29) is 22.6 Å². The highest BCUT2D eigenvalue weighted by Gasteiger charge is 2.33. The van der Waals surface area contributed by atoms with Gasteiger partial charge in [0.05, 0.1) is 16.5 Å². The third kappa shape index (κ3) is 4.72. The molecule has 8 heteroatoms. The van der Waals surface area contributed by atoms with Gasteiger partial charge >= 0.3 is 0 Å². The topological polar surface area (TPSA) is 49.4 Å². The molecule has 0 radical (unpaired) electrons. The SMILES string of the molecule is O=S1(=O)CC[C@@H](N(Cc2ccccc2)C(=S)Nc2ccc(F)c(Cl)c2)C1. The summed E-state index contributed by atoms with van der Waals surface area (Å²) in [6, 6.07) is 13.8. The molecule has 0 aromatic heterocycles. The monoisotopic (exact) mass is 412 g/mol. The third-order valence-electron chi connectivity index (χ3n) is 4.28. The van der Waals surface area contributed by atoms with Gasteiger partial charge in [-0.25, -0.2) is 12.8 Å². The lowest BCUT2D eigenvalue weighted by Gasteiger charge is -2.31. The summed E-state index contributed by atoms with van der Waals surface area (Å²) >= 11 is 11.3. The molecule has 2 aromatic carbocycles. The Balaban J connectivity index is 1.81. The van der Waals surface area contributed by atoms with Crippen LogP contribution in [0.3, 0.4) is 0 Å². The largest absolute Gasteiger partial charge is 0.341 e. The van der Waals surface area contributed by atoms with Crippen molar-refractivity contribution in [2.45, 2.75) is 19.0 Å². The highest BCUT2D eigenvalue weighted by molar-refractivity contribution is 7.91. The number of halogens is 2. The van der Waals surface area contributed by atoms with Crippen LogP contribution in [0, 0.1) is 5.82 Å². The third-order valence-corrected chi connectivity index (χ3v) is 6.65. The Bertz CT molecular complexity index is 907. The molecule has 1 heterocycles. The molecule has 1 aliphatic rings. The summed E-state index contributed by atoms with van der Waals surface area (Å²) < 4.78 is 37.2. The number of nitrogens with zero attached hydrogens (tertiary/aromatic N) is 1. The van der Waals surface area contributed by atoms with Crippen LogP contribution >= 0.6 is 23.8 Å². The van der Waals surface area contributed by atoms with Crippen LogP contribution in [0.5, 0.6) is 0 Å². The normalized spacial score (nSPS) is 18.5. The van der Waals surface area contributed by atoms with Crippen molar-refractivity contribution < 1.29 is 12.8 Å². The lowest BCUT2D eigenvalue weighted by atomic mass is 10.1. The van der Waals surface area contributed by atoms with Crippen molar-refractivity contribution in [1.29, 1.82) is 0 Å². The molecule has 0 aliphatic carbocycles. The summed E-state index contributed by atoms with van der Waals surface area (Å²) in [6.45, 7) is 0.488. The van der Waals surface area contributed by atoms with E-state index in [1.807, 2.05) is 35.2 Å². The number of hydrogen-bond acceptors (Lipinski definition) is 3. The van der Waals surface area contributed by atoms with Crippen molar-refractivity contribution in [3.63, 3.8) is 0 Å². The molecule has 0 unspecified atom stereocenters. The number of anilines is 1. The van der Waals surface area contributed by atoms with Crippen molar-refractivity contribution in [2.75, 3.05) is 16.8 Å². The zero-order valence-corrected chi connectivity index (χ0v) is 16.2. The van der Waals surface area contributed by atoms with Crippen molar-refractivity contribution in [3.8, 4) is 0 Å². The van der Waals surface area contributed by atoms with E-state index in [4.69, 9.17) is 23.8 Å². The maximum Gasteiger partial charge on any atom is 0.174 e. The second kappa shape index (κ2) is 7.90. The minimum absolute atomic E-state index is 0.00384. The van der Waals surface area contributed by atoms with Crippen LogP contribution in [0.25, 0.3) is 0 Å². The van der Waals surface area contributed by atoms with E-state index < -0.39 is 15.7 Å². The van der Waals surface area contributed by atoms with Gasteiger partial charge in [-0.05, 0) is 42.4 Å². The molecule has 2 aromatic rings. The van der Waals surface area contributed by atoms with E-state index in [9.17, 15) is 12.8 Å². The van der Waals surface area contributed by atoms with Gasteiger partial charge in [-0.15, -0.1) is 0 Å². The number of rotatable bonds is 4. The second-order valence-corrected chi connectivity index (χ2v) is 9.25. The van der Waals surface area contributed by atoms with Crippen LogP contribution in [0.2, 0.25) is 5.02 Å². The van der Waals surface area contributed by atoms with Crippen LogP contribution in [-0.2, 0) is 16.4 Å². The Morgan fingerprint density at radius 3 is 2.62 bits per heavy atom. The fraction of sp³-hybridized carbons (Fsp3) is 0.278. The van der Waals surface area contributed by atoms with Gasteiger partial charge in [0.15, 0.2) is 14.9 Å². The predicted molar refractivity (Wildman–Crippen MR) is 107 cm³/mol. The highest BCUT2D eigenvalue weighted by atomic mass is 35.5. The molecular weight excluding hydrogens is 395 g/mol. The Hall–Kier alpha value is -1.70. The summed E-state index contributed by atoms with van der Waals surface area (Å²) in [6.07, 6.45) is 0.529. The van der Waals surface area contributed by atoms with Crippen LogP contribution < -0.4 is 5.32 Å². The Kier molecular flexibility index (Phi) is 5.79. The van der Waals surface area contributed by atoms with Crippen molar-refractivity contribution >= 4 is 44.5 Å². The van der Waals surface area contributed by atoms with Crippen LogP contribution in [0.1, 0.15) is 12.0 Å². The zero-order valence-electron chi connectivity index (χ0n) is 13.9. The van der Waals surface area contributed by atoms with Crippen LogP contribution in [0.4, 0.5) is 10.1 Å². The Labute approximate surface area is 162 Å². The van der Waals surface area contributed by atoms with Gasteiger partial charge in [-0.1, -0.05) is 41.9 Å². The first-order valence-electron chi connectivity index (χ1n) is 8.11. The first-order chi connectivity index (χ1) is 12.3. The molecule has 0 amide bonds. The van der Waals surface area contributed by atoms with Gasteiger partial charge in [0.2, 0.25) is 0 Å². The number of thiocarbonyl (C=S) groups is 1. The minimum Gasteiger partial charge on any atom is -0.341 e. The van der Waals surface area contributed by atoms with E-state index >= 15 is 0 Å². The number of nitrogens with one attached hydrogen (secondary N) is 1. The average molecular weight is 413 g/mol. The summed E-state index contributed by atoms with van der Waals surface area (Å²) in [5.74, 6) is -0.272. The van der Waals surface area contributed by atoms with Gasteiger partial charge in [0.25, 0.3) is 0 Å². The van der Waals surface area contributed by atoms with Crippen LogP contribution in [0.15, 0.2) is 48.5 Å². The fourth-order valence-corrected chi connectivity index (χ4v) is 5.18. The van der Waals surface area contributed by atoms with Gasteiger partial charge in [0.1, 0.15) is 5.82 Å². The van der Waals surface area contributed by atoms with Crippen molar-refractivity contribution in [2.24, 2.45) is 0 Å². The van der Waals surface area contributed by atoms with Gasteiger partial charge in [-0.3, -0.25) is 0 Å². The lowest BCUT2D eigenvalue weighted by molar-refractivity contribution is 0.332. The number of hydrogen-bond donors (Lipinski definition) is 1.